The van der Waals surface area contributed by atoms with Gasteiger partial charge in [-0.3, -0.25) is 4.79 Å². The fourth-order valence-electron chi connectivity index (χ4n) is 6.12. The fraction of sp³-hybridized carbons (Fsp3) is 0.424. The average molecular weight is 540 g/mol. The van der Waals surface area contributed by atoms with Crippen LogP contribution in [0, 0.1) is 11.3 Å². The van der Waals surface area contributed by atoms with Crippen LogP contribution >= 0.6 is 11.8 Å². The van der Waals surface area contributed by atoms with Gasteiger partial charge in [0.1, 0.15) is 16.8 Å². The second kappa shape index (κ2) is 13.2. The molecule has 0 aliphatic heterocycles. The maximum absolute atomic E-state index is 13.9. The minimum Gasteiger partial charge on any atom is -0.497 e. The molecule has 2 aliphatic rings. The molecule has 0 atom stereocenters. The number of carbonyl (C=O) groups excluding carboxylic acids is 1. The Morgan fingerprint density at radius 1 is 0.923 bits per heavy atom. The maximum Gasteiger partial charge on any atom is 0.233 e. The number of amides is 1. The lowest BCUT2D eigenvalue weighted by Gasteiger charge is -2.41. The number of pyridine rings is 1. The number of methoxy groups -OCH3 is 1. The van der Waals surface area contributed by atoms with E-state index >= 15 is 0 Å². The van der Waals surface area contributed by atoms with Crippen molar-refractivity contribution >= 4 is 17.7 Å². The van der Waals surface area contributed by atoms with Gasteiger partial charge in [-0.2, -0.15) is 5.26 Å². The minimum atomic E-state index is 0.195. The second-order valence-electron chi connectivity index (χ2n) is 10.6. The van der Waals surface area contributed by atoms with Crippen LogP contribution in [0.5, 0.6) is 5.75 Å². The van der Waals surface area contributed by atoms with E-state index < -0.39 is 0 Å². The molecule has 0 bridgehead atoms. The Labute approximate surface area is 236 Å². The summed E-state index contributed by atoms with van der Waals surface area (Å²) < 4.78 is 5.34. The van der Waals surface area contributed by atoms with Crippen LogP contribution in [0.25, 0.3) is 22.4 Å². The Balaban J connectivity index is 1.47. The highest BCUT2D eigenvalue weighted by atomic mass is 32.2. The smallest absolute Gasteiger partial charge is 0.233 e. The largest absolute Gasteiger partial charge is 0.497 e. The summed E-state index contributed by atoms with van der Waals surface area (Å²) >= 11 is 1.41. The molecule has 0 radical (unpaired) electrons. The lowest BCUT2D eigenvalue weighted by atomic mass is 9.88. The van der Waals surface area contributed by atoms with Crippen molar-refractivity contribution in [3.63, 3.8) is 0 Å². The van der Waals surface area contributed by atoms with Gasteiger partial charge in [-0.1, -0.05) is 92.8 Å². The predicted molar refractivity (Wildman–Crippen MR) is 158 cm³/mol. The molecule has 0 unspecified atom stereocenters. The van der Waals surface area contributed by atoms with Gasteiger partial charge < -0.3 is 9.64 Å². The highest BCUT2D eigenvalue weighted by Gasteiger charge is 2.32. The Morgan fingerprint density at radius 3 is 2.10 bits per heavy atom. The van der Waals surface area contributed by atoms with Crippen LogP contribution in [0.3, 0.4) is 0 Å². The summed E-state index contributed by atoms with van der Waals surface area (Å²) in [7, 11) is 1.64. The van der Waals surface area contributed by atoms with Crippen LogP contribution in [0.4, 0.5) is 0 Å². The molecule has 0 N–H and O–H groups in total. The van der Waals surface area contributed by atoms with Gasteiger partial charge in [0, 0.05) is 23.2 Å². The van der Waals surface area contributed by atoms with Crippen molar-refractivity contribution < 1.29 is 9.53 Å². The molecule has 5 nitrogen and oxygen atoms in total. The van der Waals surface area contributed by atoms with Gasteiger partial charge in [-0.15, -0.1) is 0 Å². The van der Waals surface area contributed by atoms with E-state index in [2.05, 4.69) is 11.0 Å². The SMILES string of the molecule is COc1ccc(-c2cc(-c3ccccc3)nc(SCC(=O)N(C3CCCCC3)C3CCCCC3)c2C#N)cc1. The van der Waals surface area contributed by atoms with Crippen molar-refractivity contribution in [2.24, 2.45) is 0 Å². The maximum atomic E-state index is 13.9. The van der Waals surface area contributed by atoms with Gasteiger partial charge >= 0.3 is 0 Å². The van der Waals surface area contributed by atoms with Gasteiger partial charge in [0.05, 0.1) is 24.1 Å². The summed E-state index contributed by atoms with van der Waals surface area (Å²) in [6.07, 6.45) is 11.8. The van der Waals surface area contributed by atoms with Crippen LogP contribution in [0.15, 0.2) is 65.7 Å². The second-order valence-corrected chi connectivity index (χ2v) is 11.6. The first-order chi connectivity index (χ1) is 19.2. The van der Waals surface area contributed by atoms with Crippen molar-refractivity contribution in [1.82, 2.24) is 9.88 Å². The Morgan fingerprint density at radius 2 is 1.54 bits per heavy atom. The lowest BCUT2D eigenvalue weighted by Crippen LogP contribution is -2.49. The lowest BCUT2D eigenvalue weighted by molar-refractivity contribution is -0.135. The van der Waals surface area contributed by atoms with Crippen molar-refractivity contribution in [1.29, 1.82) is 5.26 Å². The first-order valence-electron chi connectivity index (χ1n) is 14.3. The van der Waals surface area contributed by atoms with E-state index in [0.29, 0.717) is 28.4 Å². The van der Waals surface area contributed by atoms with E-state index in [0.717, 1.165) is 53.8 Å². The molecule has 39 heavy (non-hydrogen) atoms. The number of carbonyl (C=O) groups is 1. The number of nitrogens with zero attached hydrogens (tertiary/aromatic N) is 3. The van der Waals surface area contributed by atoms with Crippen LogP contribution < -0.4 is 4.74 Å². The van der Waals surface area contributed by atoms with Crippen LogP contribution in [0.2, 0.25) is 0 Å². The Bertz CT molecular complexity index is 1270. The third kappa shape index (κ3) is 6.47. The van der Waals surface area contributed by atoms with Gasteiger partial charge in [0.25, 0.3) is 0 Å². The van der Waals surface area contributed by atoms with E-state index in [1.54, 1.807) is 7.11 Å². The summed E-state index contributed by atoms with van der Waals surface area (Å²) in [6, 6.07) is 22.9. The summed E-state index contributed by atoms with van der Waals surface area (Å²) in [4.78, 5) is 21.1. The summed E-state index contributed by atoms with van der Waals surface area (Å²) in [5.74, 6) is 1.26. The number of thioether (sulfide) groups is 1. The topological polar surface area (TPSA) is 66.2 Å². The third-order valence-electron chi connectivity index (χ3n) is 8.13. The Kier molecular flexibility index (Phi) is 9.21. The third-order valence-corrected chi connectivity index (χ3v) is 9.09. The first-order valence-corrected chi connectivity index (χ1v) is 15.3. The molecule has 2 fully saturated rings. The predicted octanol–water partition coefficient (Wildman–Crippen LogP) is 7.88. The number of nitriles is 1. The standard InChI is InChI=1S/C33H37N3O2S/c1-38-28-19-17-24(18-20-28)29-21-31(25-11-5-2-6-12-25)35-33(30(29)22-34)39-23-32(37)36(26-13-7-3-8-14-26)27-15-9-4-10-16-27/h2,5-6,11-12,17-21,26-27H,3-4,7-10,13-16,23H2,1H3. The van der Waals surface area contributed by atoms with Gasteiger partial charge in [0.2, 0.25) is 5.91 Å². The first kappa shape index (κ1) is 27.3. The van der Waals surface area contributed by atoms with E-state index in [9.17, 15) is 10.1 Å². The quantitative estimate of drug-likeness (QED) is 0.272. The molecule has 202 valence electrons. The molecule has 1 amide bonds. The van der Waals surface area contributed by atoms with E-state index in [4.69, 9.17) is 9.72 Å². The number of hydrogen-bond donors (Lipinski definition) is 0. The molecule has 1 heterocycles. The van der Waals surface area contributed by atoms with Crippen molar-refractivity contribution in [3.8, 4) is 34.2 Å². The van der Waals surface area contributed by atoms with E-state index in [1.165, 1.54) is 50.3 Å². The highest BCUT2D eigenvalue weighted by molar-refractivity contribution is 8.00. The summed E-state index contributed by atoms with van der Waals surface area (Å²) in [5, 5.41) is 10.9. The molecule has 2 saturated carbocycles. The van der Waals surface area contributed by atoms with Crippen LogP contribution in [0.1, 0.15) is 69.8 Å². The molecule has 0 saturated heterocycles. The molecule has 6 heteroatoms. The normalized spacial score (nSPS) is 16.4. The van der Waals surface area contributed by atoms with E-state index in [1.807, 2.05) is 60.7 Å². The molecular weight excluding hydrogens is 502 g/mol. The molecule has 1 aromatic heterocycles. The van der Waals surface area contributed by atoms with E-state index in [-0.39, 0.29) is 5.91 Å². The van der Waals surface area contributed by atoms with Gasteiger partial charge in [0.15, 0.2) is 0 Å². The van der Waals surface area contributed by atoms with Gasteiger partial charge in [-0.05, 0) is 49.4 Å². The molecule has 5 rings (SSSR count). The number of hydrogen-bond acceptors (Lipinski definition) is 5. The summed E-state index contributed by atoms with van der Waals surface area (Å²) in [5.41, 5.74) is 4.04. The van der Waals surface area contributed by atoms with Crippen molar-refractivity contribution in [3.05, 3.63) is 66.2 Å². The number of rotatable bonds is 8. The molecule has 2 aliphatic carbocycles. The number of aromatic nitrogens is 1. The van der Waals surface area contributed by atoms with Gasteiger partial charge in [-0.25, -0.2) is 4.98 Å². The number of ether oxygens (including phenoxy) is 1. The minimum absolute atomic E-state index is 0.195. The number of benzene rings is 2. The van der Waals surface area contributed by atoms with Crippen molar-refractivity contribution in [2.45, 2.75) is 81.3 Å². The molecule has 2 aromatic carbocycles. The van der Waals surface area contributed by atoms with Crippen LogP contribution in [-0.2, 0) is 4.79 Å². The zero-order chi connectivity index (χ0) is 27.0. The van der Waals surface area contributed by atoms with Crippen molar-refractivity contribution in [2.75, 3.05) is 12.9 Å². The molecular formula is C33H37N3O2S. The molecule has 3 aromatic rings. The summed E-state index contributed by atoms with van der Waals surface area (Å²) in [6.45, 7) is 0. The zero-order valence-corrected chi connectivity index (χ0v) is 23.6. The molecule has 0 spiro atoms. The average Bonchev–Trinajstić information content (AvgIpc) is 3.01. The zero-order valence-electron chi connectivity index (χ0n) is 22.8. The van der Waals surface area contributed by atoms with Crippen LogP contribution in [-0.4, -0.2) is 40.7 Å². The monoisotopic (exact) mass is 539 g/mol. The fourth-order valence-corrected chi connectivity index (χ4v) is 6.99. The highest BCUT2D eigenvalue weighted by Crippen LogP contribution is 2.36. The Hall–Kier alpha value is -3.30.